The summed E-state index contributed by atoms with van der Waals surface area (Å²) in [7, 11) is 0. The fourth-order valence-corrected chi connectivity index (χ4v) is 4.28. The van der Waals surface area contributed by atoms with E-state index >= 15 is 0 Å². The van der Waals surface area contributed by atoms with Crippen LogP contribution in [0, 0.1) is 5.82 Å². The highest BCUT2D eigenvalue weighted by molar-refractivity contribution is 7.09. The van der Waals surface area contributed by atoms with Gasteiger partial charge < -0.3 is 4.90 Å². The summed E-state index contributed by atoms with van der Waals surface area (Å²) in [4.78, 5) is 21.1. The van der Waals surface area contributed by atoms with Gasteiger partial charge in [0, 0.05) is 36.6 Å². The first-order valence-electron chi connectivity index (χ1n) is 9.93. The summed E-state index contributed by atoms with van der Waals surface area (Å²) in [6.45, 7) is 7.12. The summed E-state index contributed by atoms with van der Waals surface area (Å²) in [5.74, 6) is -0.290. The molecule has 3 rings (SSSR count). The number of thiazole rings is 1. The molecule has 1 heterocycles. The topological polar surface area (TPSA) is 36.4 Å². The SMILES string of the molecule is CCN(CC)C(=O)c1csc(CN(Cc2ccc(F)cc2)Cc2cccc(Cl)c2)n1. The number of rotatable bonds is 9. The second-order valence-corrected chi connectivity index (χ2v) is 8.38. The number of aromatic nitrogens is 1. The molecule has 0 bridgehead atoms. The predicted octanol–water partition coefficient (Wildman–Crippen LogP) is 5.62. The van der Waals surface area contributed by atoms with Gasteiger partial charge in [0.2, 0.25) is 0 Å². The van der Waals surface area contributed by atoms with E-state index in [9.17, 15) is 9.18 Å². The van der Waals surface area contributed by atoms with E-state index in [0.717, 1.165) is 16.1 Å². The van der Waals surface area contributed by atoms with Crippen molar-refractivity contribution in [2.75, 3.05) is 13.1 Å². The molecule has 158 valence electrons. The number of hydrogen-bond acceptors (Lipinski definition) is 4. The highest BCUT2D eigenvalue weighted by Gasteiger charge is 2.18. The van der Waals surface area contributed by atoms with Crippen molar-refractivity contribution < 1.29 is 9.18 Å². The van der Waals surface area contributed by atoms with Crippen LogP contribution in [0.5, 0.6) is 0 Å². The van der Waals surface area contributed by atoms with Crippen molar-refractivity contribution in [3.05, 3.63) is 86.6 Å². The van der Waals surface area contributed by atoms with Gasteiger partial charge in [-0.05, 0) is 49.2 Å². The molecule has 0 saturated heterocycles. The monoisotopic (exact) mass is 445 g/mol. The second-order valence-electron chi connectivity index (χ2n) is 7.01. The fourth-order valence-electron chi connectivity index (χ4n) is 3.26. The van der Waals surface area contributed by atoms with E-state index in [1.807, 2.05) is 43.5 Å². The van der Waals surface area contributed by atoms with Gasteiger partial charge in [0.25, 0.3) is 5.91 Å². The fraction of sp³-hybridized carbons (Fsp3) is 0.304. The Kier molecular flexibility index (Phi) is 7.96. The molecule has 3 aromatic rings. The van der Waals surface area contributed by atoms with Gasteiger partial charge in [0.05, 0.1) is 6.54 Å². The Hall–Kier alpha value is -2.28. The molecule has 0 saturated carbocycles. The van der Waals surface area contributed by atoms with E-state index in [1.54, 1.807) is 17.0 Å². The zero-order chi connectivity index (χ0) is 21.5. The molecule has 1 amide bonds. The standard InChI is InChI=1S/C23H25ClFN3OS/c1-3-28(4-2)23(29)21-16-30-22(26-21)15-27(13-17-8-10-20(25)11-9-17)14-18-6-5-7-19(24)12-18/h5-12,16H,3-4,13-15H2,1-2H3. The number of carbonyl (C=O) groups is 1. The van der Waals surface area contributed by atoms with Crippen molar-refractivity contribution in [1.82, 2.24) is 14.8 Å². The van der Waals surface area contributed by atoms with Crippen LogP contribution < -0.4 is 0 Å². The molecular formula is C23H25ClFN3OS. The highest BCUT2D eigenvalue weighted by Crippen LogP contribution is 2.20. The molecule has 0 radical (unpaired) electrons. The maximum Gasteiger partial charge on any atom is 0.273 e. The first kappa shape index (κ1) is 22.4. The summed E-state index contributed by atoms with van der Waals surface area (Å²) in [5.41, 5.74) is 2.58. The van der Waals surface area contributed by atoms with Crippen molar-refractivity contribution in [2.24, 2.45) is 0 Å². The van der Waals surface area contributed by atoms with E-state index in [0.29, 0.717) is 43.4 Å². The van der Waals surface area contributed by atoms with Gasteiger partial charge in [-0.3, -0.25) is 9.69 Å². The number of carbonyl (C=O) groups excluding carboxylic acids is 1. The summed E-state index contributed by atoms with van der Waals surface area (Å²) in [5, 5.41) is 3.39. The number of benzene rings is 2. The van der Waals surface area contributed by atoms with Crippen LogP contribution in [-0.2, 0) is 19.6 Å². The van der Waals surface area contributed by atoms with Crippen LogP contribution in [0.2, 0.25) is 5.02 Å². The minimum Gasteiger partial charge on any atom is -0.338 e. The largest absolute Gasteiger partial charge is 0.338 e. The summed E-state index contributed by atoms with van der Waals surface area (Å²) < 4.78 is 13.3. The number of halogens is 2. The van der Waals surface area contributed by atoms with Crippen molar-refractivity contribution in [2.45, 2.75) is 33.5 Å². The van der Waals surface area contributed by atoms with Gasteiger partial charge in [-0.25, -0.2) is 9.37 Å². The molecule has 0 atom stereocenters. The molecule has 0 aliphatic heterocycles. The lowest BCUT2D eigenvalue weighted by atomic mass is 10.1. The Morgan fingerprint density at radius 2 is 1.73 bits per heavy atom. The van der Waals surface area contributed by atoms with E-state index < -0.39 is 0 Å². The van der Waals surface area contributed by atoms with Crippen LogP contribution in [0.25, 0.3) is 0 Å². The first-order valence-corrected chi connectivity index (χ1v) is 11.2. The lowest BCUT2D eigenvalue weighted by Crippen LogP contribution is -2.30. The van der Waals surface area contributed by atoms with E-state index in [4.69, 9.17) is 11.6 Å². The third-order valence-electron chi connectivity index (χ3n) is 4.80. The lowest BCUT2D eigenvalue weighted by molar-refractivity contribution is 0.0767. The summed E-state index contributed by atoms with van der Waals surface area (Å²) in [6, 6.07) is 14.3. The van der Waals surface area contributed by atoms with Crippen molar-refractivity contribution in [3.63, 3.8) is 0 Å². The molecule has 30 heavy (non-hydrogen) atoms. The van der Waals surface area contributed by atoms with Crippen molar-refractivity contribution in [1.29, 1.82) is 0 Å². The Morgan fingerprint density at radius 1 is 1.03 bits per heavy atom. The van der Waals surface area contributed by atoms with Crippen molar-refractivity contribution in [3.8, 4) is 0 Å². The molecule has 0 N–H and O–H groups in total. The minimum absolute atomic E-state index is 0.0394. The van der Waals surface area contributed by atoms with E-state index in [2.05, 4.69) is 9.88 Å². The normalized spacial score (nSPS) is 11.1. The van der Waals surface area contributed by atoms with Crippen molar-refractivity contribution >= 4 is 28.8 Å². The van der Waals surface area contributed by atoms with Crippen LogP contribution >= 0.6 is 22.9 Å². The van der Waals surface area contributed by atoms with Gasteiger partial charge in [0.15, 0.2) is 0 Å². The quantitative estimate of drug-likeness (QED) is 0.429. The van der Waals surface area contributed by atoms with E-state index in [1.165, 1.54) is 23.5 Å². The van der Waals surface area contributed by atoms with Gasteiger partial charge in [-0.2, -0.15) is 0 Å². The second kappa shape index (κ2) is 10.7. The number of amides is 1. The molecule has 0 unspecified atom stereocenters. The average Bonchev–Trinajstić information content (AvgIpc) is 3.19. The summed E-state index contributed by atoms with van der Waals surface area (Å²) in [6.07, 6.45) is 0. The smallest absolute Gasteiger partial charge is 0.273 e. The van der Waals surface area contributed by atoms with Crippen LogP contribution in [0.15, 0.2) is 53.9 Å². The van der Waals surface area contributed by atoms with Crippen LogP contribution in [0.3, 0.4) is 0 Å². The molecule has 1 aromatic heterocycles. The zero-order valence-corrected chi connectivity index (χ0v) is 18.7. The number of nitrogens with zero attached hydrogens (tertiary/aromatic N) is 3. The lowest BCUT2D eigenvalue weighted by Gasteiger charge is -2.22. The summed E-state index contributed by atoms with van der Waals surface area (Å²) >= 11 is 7.63. The Morgan fingerprint density at radius 3 is 2.40 bits per heavy atom. The predicted molar refractivity (Wildman–Crippen MR) is 120 cm³/mol. The molecule has 7 heteroatoms. The van der Waals surface area contributed by atoms with Gasteiger partial charge in [-0.15, -0.1) is 11.3 Å². The molecule has 2 aromatic carbocycles. The average molecular weight is 446 g/mol. The maximum absolute atomic E-state index is 13.3. The maximum atomic E-state index is 13.3. The molecule has 0 fully saturated rings. The van der Waals surface area contributed by atoms with Crippen LogP contribution in [0.4, 0.5) is 4.39 Å². The number of hydrogen-bond donors (Lipinski definition) is 0. The minimum atomic E-state index is -0.250. The van der Waals surface area contributed by atoms with Gasteiger partial charge in [0.1, 0.15) is 16.5 Å². The van der Waals surface area contributed by atoms with E-state index in [-0.39, 0.29) is 11.7 Å². The Balaban J connectivity index is 1.78. The Bertz CT molecular complexity index is 973. The van der Waals surface area contributed by atoms with Crippen LogP contribution in [-0.4, -0.2) is 33.8 Å². The van der Waals surface area contributed by atoms with Gasteiger partial charge in [-0.1, -0.05) is 35.9 Å². The Labute approximate surface area is 185 Å². The molecule has 0 aliphatic carbocycles. The molecule has 4 nitrogen and oxygen atoms in total. The molecular weight excluding hydrogens is 421 g/mol. The highest BCUT2D eigenvalue weighted by atomic mass is 35.5. The van der Waals surface area contributed by atoms with Crippen LogP contribution in [0.1, 0.15) is 40.5 Å². The third-order valence-corrected chi connectivity index (χ3v) is 5.86. The third kappa shape index (κ3) is 6.11. The molecule has 0 spiro atoms. The first-order chi connectivity index (χ1) is 14.5. The zero-order valence-electron chi connectivity index (χ0n) is 17.1. The van der Waals surface area contributed by atoms with Gasteiger partial charge >= 0.3 is 0 Å². The molecule has 0 aliphatic rings.